The summed E-state index contributed by atoms with van der Waals surface area (Å²) < 4.78 is 0. The van der Waals surface area contributed by atoms with Crippen LogP contribution in [-0.2, 0) is 30.4 Å². The van der Waals surface area contributed by atoms with Gasteiger partial charge in [0.15, 0.2) is 0 Å². The highest BCUT2D eigenvalue weighted by molar-refractivity contribution is 7.98. The minimum absolute atomic E-state index is 0.0309. The molecule has 4 atom stereocenters. The fourth-order valence-electron chi connectivity index (χ4n) is 3.18. The van der Waals surface area contributed by atoms with Gasteiger partial charge in [-0.1, -0.05) is 26.0 Å². The number of aromatic hydroxyl groups is 1. The number of hydrogen-bond donors (Lipinski definition) is 7. The maximum atomic E-state index is 13.2. The van der Waals surface area contributed by atoms with Gasteiger partial charge in [-0.15, -0.1) is 0 Å². The molecular formula is C23H35N5O7S. The van der Waals surface area contributed by atoms with Crippen molar-refractivity contribution in [1.29, 1.82) is 0 Å². The molecule has 0 aliphatic carbocycles. The molecule has 0 fully saturated rings. The van der Waals surface area contributed by atoms with E-state index in [1.165, 1.54) is 23.9 Å². The highest BCUT2D eigenvalue weighted by Gasteiger charge is 2.32. The largest absolute Gasteiger partial charge is 0.508 e. The van der Waals surface area contributed by atoms with Crippen LogP contribution in [0.1, 0.15) is 32.3 Å². The highest BCUT2D eigenvalue weighted by atomic mass is 32.2. The number of nitrogens with two attached hydrogens (primary N) is 2. The normalized spacial score (nSPS) is 14.2. The zero-order valence-electron chi connectivity index (χ0n) is 20.5. The van der Waals surface area contributed by atoms with Crippen LogP contribution in [0.25, 0.3) is 0 Å². The van der Waals surface area contributed by atoms with E-state index in [0.29, 0.717) is 17.7 Å². The van der Waals surface area contributed by atoms with Crippen LogP contribution in [0.2, 0.25) is 0 Å². The fourth-order valence-corrected chi connectivity index (χ4v) is 3.67. The number of aliphatic carboxylic acids is 1. The number of primary amides is 1. The quantitative estimate of drug-likeness (QED) is 0.151. The maximum absolute atomic E-state index is 13.2. The molecule has 0 aromatic heterocycles. The van der Waals surface area contributed by atoms with Gasteiger partial charge in [0.05, 0.1) is 12.5 Å². The van der Waals surface area contributed by atoms with Crippen LogP contribution in [0.3, 0.4) is 0 Å². The predicted octanol–water partition coefficient (Wildman–Crippen LogP) is -0.914. The fraction of sp³-hybridized carbons (Fsp3) is 0.522. The van der Waals surface area contributed by atoms with E-state index in [1.54, 1.807) is 26.0 Å². The Balaban J connectivity index is 3.09. The number of phenols is 1. The molecule has 0 heterocycles. The second-order valence-corrected chi connectivity index (χ2v) is 9.61. The average Bonchev–Trinajstić information content (AvgIpc) is 2.80. The van der Waals surface area contributed by atoms with E-state index in [4.69, 9.17) is 11.5 Å². The molecule has 9 N–H and O–H groups in total. The Morgan fingerprint density at radius 1 is 0.944 bits per heavy atom. The molecule has 0 bridgehead atoms. The van der Waals surface area contributed by atoms with Crippen molar-refractivity contribution in [3.05, 3.63) is 29.8 Å². The Morgan fingerprint density at radius 3 is 2.03 bits per heavy atom. The number of amides is 4. The lowest BCUT2D eigenvalue weighted by Gasteiger charge is -2.27. The van der Waals surface area contributed by atoms with Crippen LogP contribution >= 0.6 is 11.8 Å². The first-order valence-electron chi connectivity index (χ1n) is 11.3. The van der Waals surface area contributed by atoms with Gasteiger partial charge in [0.1, 0.15) is 23.9 Å². The van der Waals surface area contributed by atoms with Gasteiger partial charge in [0.25, 0.3) is 0 Å². The molecule has 0 aliphatic rings. The Labute approximate surface area is 213 Å². The van der Waals surface area contributed by atoms with Crippen LogP contribution in [0, 0.1) is 5.92 Å². The van der Waals surface area contributed by atoms with E-state index < -0.39 is 66.1 Å². The SMILES string of the molecule is CSCCC(N)C(=O)NC(Cc1ccc(O)cc1)C(=O)NC(C(=O)NC(CC(N)=O)C(=O)O)C(C)C. The van der Waals surface area contributed by atoms with Crippen LogP contribution in [0.5, 0.6) is 5.75 Å². The Bertz CT molecular complexity index is 926. The topological polar surface area (TPSA) is 214 Å². The van der Waals surface area contributed by atoms with Gasteiger partial charge in [-0.3, -0.25) is 19.2 Å². The monoisotopic (exact) mass is 525 g/mol. The minimum atomic E-state index is -1.56. The smallest absolute Gasteiger partial charge is 0.326 e. The highest BCUT2D eigenvalue weighted by Crippen LogP contribution is 2.13. The van der Waals surface area contributed by atoms with Crippen LogP contribution in [0.4, 0.5) is 0 Å². The van der Waals surface area contributed by atoms with Gasteiger partial charge in [-0.25, -0.2) is 4.79 Å². The summed E-state index contributed by atoms with van der Waals surface area (Å²) in [5.74, 6) is -4.21. The van der Waals surface area contributed by atoms with Crippen LogP contribution in [0.15, 0.2) is 24.3 Å². The summed E-state index contributed by atoms with van der Waals surface area (Å²) in [4.78, 5) is 61.2. The molecule has 1 aromatic rings. The maximum Gasteiger partial charge on any atom is 0.326 e. The van der Waals surface area contributed by atoms with E-state index in [-0.39, 0.29) is 12.2 Å². The van der Waals surface area contributed by atoms with Crippen LogP contribution in [-0.4, -0.2) is 76.0 Å². The summed E-state index contributed by atoms with van der Waals surface area (Å²) in [7, 11) is 0. The number of carbonyl (C=O) groups excluding carboxylic acids is 4. The van der Waals surface area contributed by atoms with Crippen molar-refractivity contribution in [2.24, 2.45) is 17.4 Å². The minimum Gasteiger partial charge on any atom is -0.508 e. The second kappa shape index (κ2) is 14.9. The third-order valence-corrected chi connectivity index (χ3v) is 5.89. The van der Waals surface area contributed by atoms with Gasteiger partial charge in [0.2, 0.25) is 23.6 Å². The Hall–Kier alpha value is -3.32. The van der Waals surface area contributed by atoms with Gasteiger partial charge >= 0.3 is 5.97 Å². The number of carbonyl (C=O) groups is 5. The summed E-state index contributed by atoms with van der Waals surface area (Å²) in [5.41, 5.74) is 11.6. The van der Waals surface area contributed by atoms with Crippen molar-refractivity contribution in [2.75, 3.05) is 12.0 Å². The second-order valence-electron chi connectivity index (χ2n) is 8.62. The third kappa shape index (κ3) is 10.5. The van der Waals surface area contributed by atoms with Gasteiger partial charge in [-0.05, 0) is 42.0 Å². The Morgan fingerprint density at radius 2 is 1.53 bits per heavy atom. The lowest BCUT2D eigenvalue weighted by molar-refractivity contribution is -0.144. The van der Waals surface area contributed by atoms with Crippen molar-refractivity contribution >= 4 is 41.4 Å². The van der Waals surface area contributed by atoms with E-state index in [0.717, 1.165) is 0 Å². The number of carboxylic acid groups (broad SMARTS) is 1. The molecule has 0 aliphatic heterocycles. The number of benzene rings is 1. The summed E-state index contributed by atoms with van der Waals surface area (Å²) >= 11 is 1.52. The van der Waals surface area contributed by atoms with Gasteiger partial charge in [-0.2, -0.15) is 11.8 Å². The lowest BCUT2D eigenvalue weighted by atomic mass is 10.00. The number of nitrogens with one attached hydrogen (secondary N) is 3. The van der Waals surface area contributed by atoms with Gasteiger partial charge in [0, 0.05) is 6.42 Å². The van der Waals surface area contributed by atoms with Crippen LogP contribution < -0.4 is 27.4 Å². The van der Waals surface area contributed by atoms with Gasteiger partial charge < -0.3 is 37.6 Å². The number of hydrogen-bond acceptors (Lipinski definition) is 8. The summed E-state index contributed by atoms with van der Waals surface area (Å²) in [6, 6.07) is 1.36. The molecule has 4 amide bonds. The molecule has 0 radical (unpaired) electrons. The van der Waals surface area contributed by atoms with E-state index >= 15 is 0 Å². The van der Waals surface area contributed by atoms with Crippen molar-refractivity contribution < 1.29 is 34.2 Å². The lowest BCUT2D eigenvalue weighted by Crippen LogP contribution is -2.59. The first-order chi connectivity index (χ1) is 16.8. The molecular weight excluding hydrogens is 490 g/mol. The number of rotatable bonds is 15. The zero-order valence-corrected chi connectivity index (χ0v) is 21.3. The molecule has 4 unspecified atom stereocenters. The molecule has 36 heavy (non-hydrogen) atoms. The van der Waals surface area contributed by atoms with E-state index in [9.17, 15) is 34.2 Å². The van der Waals surface area contributed by atoms with Crippen molar-refractivity contribution in [1.82, 2.24) is 16.0 Å². The molecule has 0 saturated heterocycles. The molecule has 0 saturated carbocycles. The van der Waals surface area contributed by atoms with E-state index in [2.05, 4.69) is 16.0 Å². The number of thioether (sulfide) groups is 1. The third-order valence-electron chi connectivity index (χ3n) is 5.25. The van der Waals surface area contributed by atoms with E-state index in [1.807, 2.05) is 6.26 Å². The number of phenolic OH excluding ortho intramolecular Hbond substituents is 1. The summed E-state index contributed by atoms with van der Waals surface area (Å²) in [5, 5.41) is 26.2. The van der Waals surface area contributed by atoms with Crippen molar-refractivity contribution in [3.63, 3.8) is 0 Å². The molecule has 0 spiro atoms. The molecule has 200 valence electrons. The predicted molar refractivity (Wildman–Crippen MR) is 135 cm³/mol. The first kappa shape index (κ1) is 30.7. The summed E-state index contributed by atoms with van der Waals surface area (Å²) in [6.07, 6.45) is 1.70. The molecule has 13 heteroatoms. The van der Waals surface area contributed by atoms with Crippen molar-refractivity contribution in [3.8, 4) is 5.75 Å². The standard InChI is InChI=1S/C23H35N5O7S/c1-12(2)19(22(33)27-17(23(34)35)11-18(25)30)28-21(32)16(10-13-4-6-14(29)7-5-13)26-20(31)15(24)8-9-36-3/h4-7,12,15-17,19,29H,8-11,24H2,1-3H3,(H2,25,30)(H,26,31)(H,27,33)(H,28,32)(H,34,35). The molecule has 1 aromatic carbocycles. The van der Waals surface area contributed by atoms with Crippen molar-refractivity contribution in [2.45, 2.75) is 57.3 Å². The number of carboxylic acids is 1. The zero-order chi connectivity index (χ0) is 27.4. The molecule has 12 nitrogen and oxygen atoms in total. The Kier molecular flexibility index (Phi) is 12.7. The molecule has 1 rings (SSSR count). The average molecular weight is 526 g/mol. The first-order valence-corrected chi connectivity index (χ1v) is 12.7. The summed E-state index contributed by atoms with van der Waals surface area (Å²) in [6.45, 7) is 3.28.